The van der Waals surface area contributed by atoms with Crippen molar-refractivity contribution in [2.45, 2.75) is 49.1 Å². The summed E-state index contributed by atoms with van der Waals surface area (Å²) >= 11 is 0. The fourth-order valence-electron chi connectivity index (χ4n) is 4.41. The predicted molar refractivity (Wildman–Crippen MR) is 119 cm³/mol. The molecule has 2 unspecified atom stereocenters. The predicted octanol–water partition coefficient (Wildman–Crippen LogP) is 2.55. The number of nitrogens with one attached hydrogen (secondary N) is 1. The topological polar surface area (TPSA) is 124 Å². The van der Waals surface area contributed by atoms with Crippen LogP contribution in [0.4, 0.5) is 11.5 Å². The second-order valence-electron chi connectivity index (χ2n) is 8.61. The van der Waals surface area contributed by atoms with Crippen LogP contribution in [0.25, 0.3) is 0 Å². The van der Waals surface area contributed by atoms with Crippen LogP contribution in [0.3, 0.4) is 0 Å². The van der Waals surface area contributed by atoms with Gasteiger partial charge in [-0.25, -0.2) is 8.42 Å². The molecule has 5 rings (SSSR count). The molecule has 1 saturated heterocycles. The van der Waals surface area contributed by atoms with Crippen LogP contribution in [-0.4, -0.2) is 53.5 Å². The van der Waals surface area contributed by atoms with Crippen LogP contribution in [-0.2, 0) is 16.6 Å². The zero-order valence-electron chi connectivity index (χ0n) is 17.7. The van der Waals surface area contributed by atoms with Crippen molar-refractivity contribution in [3.63, 3.8) is 0 Å². The van der Waals surface area contributed by atoms with Crippen molar-refractivity contribution in [2.75, 3.05) is 25.0 Å². The summed E-state index contributed by atoms with van der Waals surface area (Å²) in [6.45, 7) is 1.51. The number of anilines is 2. The summed E-state index contributed by atoms with van der Waals surface area (Å²) < 4.78 is 28.6. The molecular weight excluding hydrogens is 428 g/mol. The lowest BCUT2D eigenvalue weighted by Crippen LogP contribution is -2.41. The molecule has 0 spiro atoms. The van der Waals surface area contributed by atoms with Gasteiger partial charge < -0.3 is 10.4 Å². The average Bonchev–Trinajstić information content (AvgIpc) is 3.53. The highest BCUT2D eigenvalue weighted by molar-refractivity contribution is 7.89. The Morgan fingerprint density at radius 2 is 2.00 bits per heavy atom. The van der Waals surface area contributed by atoms with Crippen molar-refractivity contribution < 1.29 is 13.5 Å². The maximum atomic E-state index is 12.6. The van der Waals surface area contributed by atoms with Crippen LogP contribution in [0.15, 0.2) is 34.2 Å². The molecule has 10 heteroatoms. The zero-order valence-corrected chi connectivity index (χ0v) is 18.5. The van der Waals surface area contributed by atoms with E-state index in [2.05, 4.69) is 16.4 Å². The SMILES string of the molecule is N#CCC(C1CC1)n1nc(Nc2ccc(S(=O)(=O)N3CCC3)cc2)c2c1C(CO)C=NC2. The third kappa shape index (κ3) is 3.70. The fraction of sp³-hybridized carbons (Fsp3) is 0.500. The maximum Gasteiger partial charge on any atom is 0.243 e. The number of sulfonamides is 1. The number of aromatic nitrogens is 2. The van der Waals surface area contributed by atoms with Crippen molar-refractivity contribution in [2.24, 2.45) is 10.9 Å². The van der Waals surface area contributed by atoms with Crippen molar-refractivity contribution in [1.82, 2.24) is 14.1 Å². The Morgan fingerprint density at radius 3 is 2.59 bits per heavy atom. The van der Waals surface area contributed by atoms with E-state index in [1.165, 1.54) is 4.31 Å². The van der Waals surface area contributed by atoms with Crippen LogP contribution < -0.4 is 5.32 Å². The van der Waals surface area contributed by atoms with Gasteiger partial charge in [0.1, 0.15) is 0 Å². The van der Waals surface area contributed by atoms with Crippen molar-refractivity contribution in [1.29, 1.82) is 5.26 Å². The van der Waals surface area contributed by atoms with Crippen LogP contribution in [0.2, 0.25) is 0 Å². The molecule has 2 fully saturated rings. The lowest BCUT2D eigenvalue weighted by atomic mass is 9.99. The molecule has 1 aromatic carbocycles. The number of benzene rings is 1. The van der Waals surface area contributed by atoms with Gasteiger partial charge in [-0.15, -0.1) is 0 Å². The average molecular weight is 455 g/mol. The van der Waals surface area contributed by atoms with Gasteiger partial charge in [0.05, 0.1) is 48.2 Å². The van der Waals surface area contributed by atoms with Crippen LogP contribution in [0.1, 0.15) is 48.9 Å². The normalized spacial score (nSPS) is 21.4. The Morgan fingerprint density at radius 1 is 1.25 bits per heavy atom. The van der Waals surface area contributed by atoms with Gasteiger partial charge in [-0.05, 0) is 49.4 Å². The number of hydrogen-bond donors (Lipinski definition) is 2. The Balaban J connectivity index is 1.46. The minimum atomic E-state index is -3.42. The monoisotopic (exact) mass is 454 g/mol. The van der Waals surface area contributed by atoms with Crippen LogP contribution in [0.5, 0.6) is 0 Å². The van der Waals surface area contributed by atoms with E-state index in [4.69, 9.17) is 5.10 Å². The third-order valence-electron chi connectivity index (χ3n) is 6.48. The number of fused-ring (bicyclic) bond motifs is 1. The summed E-state index contributed by atoms with van der Waals surface area (Å²) in [5.74, 6) is 0.804. The highest BCUT2D eigenvalue weighted by atomic mass is 32.2. The van der Waals surface area contributed by atoms with E-state index in [1.807, 2.05) is 4.68 Å². The van der Waals surface area contributed by atoms with Gasteiger partial charge in [0, 0.05) is 30.6 Å². The lowest BCUT2D eigenvalue weighted by Gasteiger charge is -2.29. The standard InChI is InChI=1S/C22H26N6O3S/c23-9-8-20(15-2-3-15)28-21-16(14-29)12-24-13-19(21)22(26-28)25-17-4-6-18(7-5-17)32(30,31)27-10-1-11-27/h4-7,12,15-16,20,29H,1-3,8,10-11,13-14H2,(H,25,26). The van der Waals surface area contributed by atoms with Gasteiger partial charge in [0.15, 0.2) is 5.82 Å². The molecule has 32 heavy (non-hydrogen) atoms. The molecule has 2 aliphatic heterocycles. The van der Waals surface area contributed by atoms with Crippen molar-refractivity contribution >= 4 is 27.7 Å². The Labute approximate surface area is 187 Å². The molecule has 0 radical (unpaired) electrons. The maximum absolute atomic E-state index is 12.6. The number of aliphatic hydroxyl groups excluding tert-OH is 1. The Kier molecular flexibility index (Phi) is 5.49. The highest BCUT2D eigenvalue weighted by Crippen LogP contribution is 2.44. The molecule has 168 valence electrons. The third-order valence-corrected chi connectivity index (χ3v) is 8.40. The Hall–Kier alpha value is -2.74. The zero-order chi connectivity index (χ0) is 22.3. The first-order chi connectivity index (χ1) is 15.5. The smallest absolute Gasteiger partial charge is 0.243 e. The number of nitrogens with zero attached hydrogens (tertiary/aromatic N) is 5. The largest absolute Gasteiger partial charge is 0.395 e. The summed E-state index contributed by atoms with van der Waals surface area (Å²) in [6.07, 6.45) is 5.19. The summed E-state index contributed by atoms with van der Waals surface area (Å²) in [6, 6.07) is 8.96. The summed E-state index contributed by atoms with van der Waals surface area (Å²) in [5.41, 5.74) is 2.54. The number of hydrogen-bond acceptors (Lipinski definition) is 7. The van der Waals surface area contributed by atoms with Gasteiger partial charge in [-0.1, -0.05) is 0 Å². The molecule has 0 bridgehead atoms. The highest BCUT2D eigenvalue weighted by Gasteiger charge is 2.37. The first-order valence-electron chi connectivity index (χ1n) is 11.0. The van der Waals surface area contributed by atoms with E-state index in [1.54, 1.807) is 30.5 Å². The number of aliphatic hydroxyl groups is 1. The second kappa shape index (κ2) is 8.31. The summed E-state index contributed by atoms with van der Waals surface area (Å²) in [4.78, 5) is 4.69. The van der Waals surface area contributed by atoms with Gasteiger partial charge >= 0.3 is 0 Å². The van der Waals surface area contributed by atoms with Crippen LogP contribution >= 0.6 is 0 Å². The van der Waals surface area contributed by atoms with Crippen LogP contribution in [0, 0.1) is 17.2 Å². The molecule has 1 aromatic heterocycles. The number of nitriles is 1. The molecular formula is C22H26N6O3S. The molecule has 0 amide bonds. The molecule has 2 N–H and O–H groups in total. The van der Waals surface area contributed by atoms with Gasteiger partial charge in [0.25, 0.3) is 0 Å². The first-order valence-corrected chi connectivity index (χ1v) is 12.4. The van der Waals surface area contributed by atoms with Crippen molar-refractivity contribution in [3.8, 4) is 6.07 Å². The summed E-state index contributed by atoms with van der Waals surface area (Å²) in [7, 11) is -3.42. The van der Waals surface area contributed by atoms with E-state index in [9.17, 15) is 18.8 Å². The van der Waals surface area contributed by atoms with E-state index >= 15 is 0 Å². The molecule has 9 nitrogen and oxygen atoms in total. The molecule has 2 aromatic rings. The first kappa shape index (κ1) is 21.1. The fourth-order valence-corrected chi connectivity index (χ4v) is 5.93. The molecule has 3 aliphatic rings. The van der Waals surface area contributed by atoms with E-state index in [0.717, 1.165) is 36.2 Å². The van der Waals surface area contributed by atoms with Gasteiger partial charge in [0.2, 0.25) is 10.0 Å². The molecule has 1 saturated carbocycles. The minimum Gasteiger partial charge on any atom is -0.395 e. The quantitative estimate of drug-likeness (QED) is 0.632. The second-order valence-corrected chi connectivity index (χ2v) is 10.5. The van der Waals surface area contributed by atoms with Gasteiger partial charge in [-0.2, -0.15) is 14.7 Å². The van der Waals surface area contributed by atoms with Gasteiger partial charge in [-0.3, -0.25) is 9.67 Å². The van der Waals surface area contributed by atoms with E-state index in [0.29, 0.717) is 37.8 Å². The van der Waals surface area contributed by atoms with E-state index in [-0.39, 0.29) is 23.5 Å². The summed E-state index contributed by atoms with van der Waals surface area (Å²) in [5, 5.41) is 27.4. The molecule has 1 aliphatic carbocycles. The number of rotatable bonds is 8. The Bertz CT molecular complexity index is 1170. The molecule has 3 heterocycles. The van der Waals surface area contributed by atoms with Crippen molar-refractivity contribution in [3.05, 3.63) is 35.5 Å². The lowest BCUT2D eigenvalue weighted by molar-refractivity contribution is 0.280. The number of aliphatic imine (C=N–C) groups is 1. The van der Waals surface area contributed by atoms with E-state index < -0.39 is 10.0 Å². The minimum absolute atomic E-state index is 0.0195. The molecule has 2 atom stereocenters.